The summed E-state index contributed by atoms with van der Waals surface area (Å²) < 4.78 is 0. The Morgan fingerprint density at radius 1 is 0.950 bits per heavy atom. The fourth-order valence-electron chi connectivity index (χ4n) is 1.95. The van der Waals surface area contributed by atoms with Crippen molar-refractivity contribution in [3.05, 3.63) is 77.9 Å². The lowest BCUT2D eigenvalue weighted by atomic mass is 10.0. The molecule has 0 amide bonds. The van der Waals surface area contributed by atoms with Crippen molar-refractivity contribution >= 4 is 5.57 Å². The van der Waals surface area contributed by atoms with E-state index < -0.39 is 0 Å². The van der Waals surface area contributed by atoms with Crippen LogP contribution in [0.25, 0.3) is 5.57 Å². The number of nitrogens with zero attached hydrogens (tertiary/aromatic N) is 2. The first-order chi connectivity index (χ1) is 9.75. The Bertz CT molecular complexity index is 598. The van der Waals surface area contributed by atoms with Gasteiger partial charge < -0.3 is 0 Å². The standard InChI is InChI=1S/C11H12N2.C7H8/c1-9-7-11(13-8-12-9)10-5-3-2-4-6-10;1-7-5-3-2-4-6-7/h3,5-8H,2,4H2,1H3;2-6H,1H3. The molecule has 0 saturated heterocycles. The van der Waals surface area contributed by atoms with Gasteiger partial charge in [0.05, 0.1) is 5.69 Å². The van der Waals surface area contributed by atoms with Crippen molar-refractivity contribution < 1.29 is 0 Å². The highest BCUT2D eigenvalue weighted by molar-refractivity contribution is 5.72. The maximum atomic E-state index is 4.23. The molecule has 1 aliphatic carbocycles. The predicted octanol–water partition coefficient (Wildman–Crippen LogP) is 4.51. The van der Waals surface area contributed by atoms with Gasteiger partial charge in [0.2, 0.25) is 0 Å². The van der Waals surface area contributed by atoms with Crippen molar-refractivity contribution in [3.63, 3.8) is 0 Å². The Morgan fingerprint density at radius 3 is 2.30 bits per heavy atom. The van der Waals surface area contributed by atoms with E-state index in [0.717, 1.165) is 24.2 Å². The molecular formula is C18H20N2. The first-order valence-corrected chi connectivity index (χ1v) is 6.93. The number of aryl methyl sites for hydroxylation is 2. The van der Waals surface area contributed by atoms with Gasteiger partial charge in [-0.1, -0.05) is 54.1 Å². The van der Waals surface area contributed by atoms with Crippen LogP contribution in [0.15, 0.2) is 61.0 Å². The summed E-state index contributed by atoms with van der Waals surface area (Å²) in [5, 5.41) is 0. The van der Waals surface area contributed by atoms with Crippen LogP contribution in [0.1, 0.15) is 29.8 Å². The first kappa shape index (κ1) is 14.2. The lowest BCUT2D eigenvalue weighted by Gasteiger charge is -2.05. The summed E-state index contributed by atoms with van der Waals surface area (Å²) in [7, 11) is 0. The summed E-state index contributed by atoms with van der Waals surface area (Å²) in [4.78, 5) is 8.30. The molecule has 0 N–H and O–H groups in total. The average molecular weight is 264 g/mol. The quantitative estimate of drug-likeness (QED) is 0.757. The molecular weight excluding hydrogens is 244 g/mol. The van der Waals surface area contributed by atoms with Crippen LogP contribution in [-0.4, -0.2) is 9.97 Å². The molecule has 2 heteroatoms. The number of hydrogen-bond donors (Lipinski definition) is 0. The first-order valence-electron chi connectivity index (χ1n) is 6.93. The second kappa shape index (κ2) is 7.39. The lowest BCUT2D eigenvalue weighted by Crippen LogP contribution is -1.92. The molecule has 0 unspecified atom stereocenters. The zero-order chi connectivity index (χ0) is 14.2. The van der Waals surface area contributed by atoms with Crippen molar-refractivity contribution in [2.75, 3.05) is 0 Å². The molecule has 102 valence electrons. The van der Waals surface area contributed by atoms with Gasteiger partial charge in [-0.2, -0.15) is 0 Å². The van der Waals surface area contributed by atoms with E-state index in [1.165, 1.54) is 11.1 Å². The third-order valence-corrected chi connectivity index (χ3v) is 3.04. The minimum absolute atomic E-state index is 1.02. The van der Waals surface area contributed by atoms with Gasteiger partial charge in [0.1, 0.15) is 6.33 Å². The van der Waals surface area contributed by atoms with Crippen molar-refractivity contribution in [2.45, 2.75) is 26.7 Å². The largest absolute Gasteiger partial charge is 0.242 e. The van der Waals surface area contributed by atoms with Crippen LogP contribution in [0.3, 0.4) is 0 Å². The van der Waals surface area contributed by atoms with Crippen LogP contribution < -0.4 is 0 Å². The van der Waals surface area contributed by atoms with Crippen molar-refractivity contribution in [1.29, 1.82) is 0 Å². The Balaban J connectivity index is 0.000000178. The molecule has 1 aromatic heterocycles. The molecule has 0 bridgehead atoms. The third kappa shape index (κ3) is 4.47. The van der Waals surface area contributed by atoms with E-state index >= 15 is 0 Å². The van der Waals surface area contributed by atoms with E-state index in [0.29, 0.717) is 0 Å². The molecule has 0 atom stereocenters. The molecule has 2 aromatic rings. The van der Waals surface area contributed by atoms with Gasteiger partial charge in [-0.25, -0.2) is 9.97 Å². The molecule has 20 heavy (non-hydrogen) atoms. The van der Waals surface area contributed by atoms with E-state index in [2.05, 4.69) is 47.3 Å². The second-order valence-electron chi connectivity index (χ2n) is 4.84. The summed E-state index contributed by atoms with van der Waals surface area (Å²) in [6, 6.07) is 12.3. The average Bonchev–Trinajstić information content (AvgIpc) is 2.50. The van der Waals surface area contributed by atoms with Crippen LogP contribution in [0.4, 0.5) is 0 Å². The molecule has 1 heterocycles. The van der Waals surface area contributed by atoms with Gasteiger partial charge in [0, 0.05) is 5.69 Å². The maximum absolute atomic E-state index is 4.23. The van der Waals surface area contributed by atoms with Crippen molar-refractivity contribution in [3.8, 4) is 0 Å². The Labute approximate surface area is 120 Å². The van der Waals surface area contributed by atoms with Crippen LogP contribution >= 0.6 is 0 Å². The minimum Gasteiger partial charge on any atom is -0.242 e. The molecule has 0 spiro atoms. The zero-order valence-electron chi connectivity index (χ0n) is 12.1. The van der Waals surface area contributed by atoms with Crippen LogP contribution in [0.5, 0.6) is 0 Å². The number of rotatable bonds is 1. The molecule has 2 nitrogen and oxygen atoms in total. The van der Waals surface area contributed by atoms with Gasteiger partial charge >= 0.3 is 0 Å². The highest BCUT2D eigenvalue weighted by Crippen LogP contribution is 2.19. The second-order valence-corrected chi connectivity index (χ2v) is 4.84. The monoisotopic (exact) mass is 264 g/mol. The summed E-state index contributed by atoms with van der Waals surface area (Å²) in [5.41, 5.74) is 4.59. The predicted molar refractivity (Wildman–Crippen MR) is 84.3 cm³/mol. The molecule has 1 aliphatic rings. The van der Waals surface area contributed by atoms with Gasteiger partial charge in [-0.3, -0.25) is 0 Å². The van der Waals surface area contributed by atoms with E-state index in [1.807, 2.05) is 31.2 Å². The molecule has 0 aliphatic heterocycles. The zero-order valence-corrected chi connectivity index (χ0v) is 12.1. The topological polar surface area (TPSA) is 25.8 Å². The van der Waals surface area contributed by atoms with Crippen molar-refractivity contribution in [2.24, 2.45) is 0 Å². The smallest absolute Gasteiger partial charge is 0.116 e. The number of allylic oxidation sites excluding steroid dienone is 4. The molecule has 3 rings (SSSR count). The summed E-state index contributed by atoms with van der Waals surface area (Å²) >= 11 is 0. The number of benzene rings is 1. The van der Waals surface area contributed by atoms with Gasteiger partial charge in [-0.15, -0.1) is 0 Å². The normalized spacial score (nSPS) is 13.2. The van der Waals surface area contributed by atoms with E-state index in [9.17, 15) is 0 Å². The van der Waals surface area contributed by atoms with E-state index in [-0.39, 0.29) is 0 Å². The highest BCUT2D eigenvalue weighted by atomic mass is 14.8. The fraction of sp³-hybridized carbons (Fsp3) is 0.222. The molecule has 0 radical (unpaired) electrons. The summed E-state index contributed by atoms with van der Waals surface area (Å²) in [6.45, 7) is 4.07. The van der Waals surface area contributed by atoms with Gasteiger partial charge in [-0.05, 0) is 38.3 Å². The molecule has 0 saturated carbocycles. The molecule has 1 aromatic carbocycles. The summed E-state index contributed by atoms with van der Waals surface area (Å²) in [5.74, 6) is 0. The van der Waals surface area contributed by atoms with Gasteiger partial charge in [0.25, 0.3) is 0 Å². The highest BCUT2D eigenvalue weighted by Gasteiger charge is 2.02. The van der Waals surface area contributed by atoms with Crippen LogP contribution in [0, 0.1) is 13.8 Å². The summed E-state index contributed by atoms with van der Waals surface area (Å²) in [6.07, 6.45) is 10.4. The maximum Gasteiger partial charge on any atom is 0.116 e. The lowest BCUT2D eigenvalue weighted by molar-refractivity contribution is 1.03. The Kier molecular flexibility index (Phi) is 5.24. The SMILES string of the molecule is Cc1cc(C2=CCCC=C2)ncn1.Cc1ccccc1. The third-order valence-electron chi connectivity index (χ3n) is 3.04. The Hall–Kier alpha value is -2.22. The van der Waals surface area contributed by atoms with E-state index in [1.54, 1.807) is 6.33 Å². The minimum atomic E-state index is 1.02. The molecule has 0 fully saturated rings. The Morgan fingerprint density at radius 2 is 1.75 bits per heavy atom. The van der Waals surface area contributed by atoms with Gasteiger partial charge in [0.15, 0.2) is 0 Å². The van der Waals surface area contributed by atoms with Crippen molar-refractivity contribution in [1.82, 2.24) is 9.97 Å². The van der Waals surface area contributed by atoms with Crippen LogP contribution in [-0.2, 0) is 0 Å². The fourth-order valence-corrected chi connectivity index (χ4v) is 1.95. The number of hydrogen-bond acceptors (Lipinski definition) is 2. The number of aromatic nitrogens is 2. The van der Waals surface area contributed by atoms with E-state index in [4.69, 9.17) is 0 Å². The van der Waals surface area contributed by atoms with Crippen LogP contribution in [0.2, 0.25) is 0 Å².